The van der Waals surface area contributed by atoms with Gasteiger partial charge in [-0.2, -0.15) is 15.4 Å². The molecule has 1 aliphatic rings. The van der Waals surface area contributed by atoms with Crippen molar-refractivity contribution in [1.29, 1.82) is 0 Å². The van der Waals surface area contributed by atoms with Crippen LogP contribution in [0.5, 0.6) is 5.75 Å². The van der Waals surface area contributed by atoms with Crippen molar-refractivity contribution >= 4 is 41.0 Å². The lowest BCUT2D eigenvalue weighted by molar-refractivity contribution is -0.584. The van der Waals surface area contributed by atoms with E-state index in [4.69, 9.17) is 16.3 Å². The molecule has 4 N–H and O–H groups in total. The number of halogens is 2. The number of anilines is 3. The van der Waals surface area contributed by atoms with Gasteiger partial charge in [-0.05, 0) is 42.0 Å². The van der Waals surface area contributed by atoms with E-state index >= 15 is 0 Å². The zero-order chi connectivity index (χ0) is 25.6. The third-order valence-electron chi connectivity index (χ3n) is 5.64. The molecule has 11 heteroatoms. The van der Waals surface area contributed by atoms with Crippen LogP contribution in [0.2, 0.25) is 5.02 Å². The first-order valence-electron chi connectivity index (χ1n) is 11.6. The Labute approximate surface area is 217 Å². The van der Waals surface area contributed by atoms with Crippen molar-refractivity contribution in [1.82, 2.24) is 15.0 Å². The maximum atomic E-state index is 14.2. The number of nitrogens with two attached hydrogens (primary N) is 1. The van der Waals surface area contributed by atoms with Crippen molar-refractivity contribution in [2.24, 2.45) is 5.10 Å². The van der Waals surface area contributed by atoms with Crippen LogP contribution < -0.4 is 15.6 Å². The summed E-state index contributed by atoms with van der Waals surface area (Å²) in [5.41, 5.74) is 5.08. The van der Waals surface area contributed by atoms with Crippen LogP contribution in [0.15, 0.2) is 72.1 Å². The minimum Gasteiger partial charge on any atom is -0.507 e. The predicted octanol–water partition coefficient (Wildman–Crippen LogP) is 3.85. The fourth-order valence-corrected chi connectivity index (χ4v) is 4.10. The largest absolute Gasteiger partial charge is 0.507 e. The SMILES string of the molecule is Oc1ccccc1-c1cc(Cl)cc(Nc2ccc(C=N[NH2+]c3ncc(F)c(N4CCOCC4)n3)nc2)c1. The Morgan fingerprint density at radius 3 is 2.68 bits per heavy atom. The molecule has 0 aliphatic carbocycles. The second kappa shape index (κ2) is 11.3. The minimum absolute atomic E-state index is 0.182. The molecule has 0 atom stereocenters. The number of para-hydroxylation sites is 1. The molecule has 4 aromatic rings. The first kappa shape index (κ1) is 24.6. The second-order valence-electron chi connectivity index (χ2n) is 8.25. The molecule has 0 spiro atoms. The summed E-state index contributed by atoms with van der Waals surface area (Å²) >= 11 is 6.32. The molecular weight excluding hydrogens is 497 g/mol. The molecule has 1 saturated heterocycles. The van der Waals surface area contributed by atoms with Gasteiger partial charge in [0, 0.05) is 29.4 Å². The third kappa shape index (κ3) is 6.18. The molecule has 5 rings (SSSR count). The average Bonchev–Trinajstić information content (AvgIpc) is 2.91. The molecule has 0 amide bonds. The van der Waals surface area contributed by atoms with Crippen molar-refractivity contribution in [3.05, 3.63) is 83.5 Å². The summed E-state index contributed by atoms with van der Waals surface area (Å²) in [5, 5.41) is 18.2. The highest BCUT2D eigenvalue weighted by molar-refractivity contribution is 6.31. The van der Waals surface area contributed by atoms with Gasteiger partial charge in [0.25, 0.3) is 0 Å². The van der Waals surface area contributed by atoms with Crippen LogP contribution in [0.1, 0.15) is 5.69 Å². The first-order valence-corrected chi connectivity index (χ1v) is 12.0. The monoisotopic (exact) mass is 520 g/mol. The Morgan fingerprint density at radius 2 is 1.89 bits per heavy atom. The van der Waals surface area contributed by atoms with E-state index in [0.29, 0.717) is 48.5 Å². The number of benzene rings is 2. The Morgan fingerprint density at radius 1 is 1.05 bits per heavy atom. The van der Waals surface area contributed by atoms with E-state index in [-0.39, 0.29) is 11.6 Å². The number of hydrogen-bond donors (Lipinski definition) is 3. The number of hydrogen-bond acceptors (Lipinski definition) is 8. The molecule has 37 heavy (non-hydrogen) atoms. The predicted molar refractivity (Wildman–Crippen MR) is 140 cm³/mol. The minimum atomic E-state index is -0.472. The lowest BCUT2D eigenvalue weighted by atomic mass is 10.0. The number of nitrogens with zero attached hydrogens (tertiary/aromatic N) is 5. The first-order chi connectivity index (χ1) is 18.0. The fraction of sp³-hybridized carbons (Fsp3) is 0.154. The summed E-state index contributed by atoms with van der Waals surface area (Å²) in [6.07, 6.45) is 4.39. The van der Waals surface area contributed by atoms with Crippen LogP contribution in [-0.4, -0.2) is 52.6 Å². The van der Waals surface area contributed by atoms with Crippen LogP contribution in [0, 0.1) is 5.82 Å². The number of phenolic OH excluding ortho intramolecular Hbond substituents is 1. The van der Waals surface area contributed by atoms with Gasteiger partial charge in [-0.1, -0.05) is 34.9 Å². The molecule has 0 saturated carbocycles. The van der Waals surface area contributed by atoms with Gasteiger partial charge in [0.1, 0.15) is 12.0 Å². The van der Waals surface area contributed by atoms with E-state index < -0.39 is 5.82 Å². The Kier molecular flexibility index (Phi) is 7.50. The number of quaternary nitrogens is 1. The molecule has 0 unspecified atom stereocenters. The van der Waals surface area contributed by atoms with Gasteiger partial charge >= 0.3 is 5.95 Å². The van der Waals surface area contributed by atoms with E-state index in [0.717, 1.165) is 23.1 Å². The molecule has 188 valence electrons. The Hall–Kier alpha value is -4.12. The molecule has 0 bridgehead atoms. The highest BCUT2D eigenvalue weighted by Gasteiger charge is 2.19. The number of nitrogens with one attached hydrogen (secondary N) is 1. The van der Waals surface area contributed by atoms with Crippen LogP contribution in [0.3, 0.4) is 0 Å². The quantitative estimate of drug-likeness (QED) is 0.193. The van der Waals surface area contributed by atoms with Crippen LogP contribution in [-0.2, 0) is 4.74 Å². The van der Waals surface area contributed by atoms with E-state index in [9.17, 15) is 9.50 Å². The third-order valence-corrected chi connectivity index (χ3v) is 5.86. The van der Waals surface area contributed by atoms with E-state index in [1.54, 1.807) is 42.7 Å². The summed E-state index contributed by atoms with van der Waals surface area (Å²) < 4.78 is 19.5. The number of pyridine rings is 1. The molecule has 1 aliphatic heterocycles. The van der Waals surface area contributed by atoms with Crippen molar-refractivity contribution < 1.29 is 19.7 Å². The number of ether oxygens (including phenoxy) is 1. The van der Waals surface area contributed by atoms with Crippen molar-refractivity contribution in [3.8, 4) is 16.9 Å². The summed E-state index contributed by atoms with van der Waals surface area (Å²) in [4.78, 5) is 14.5. The van der Waals surface area contributed by atoms with Crippen LogP contribution in [0.25, 0.3) is 11.1 Å². The van der Waals surface area contributed by atoms with Gasteiger partial charge in [0.05, 0.1) is 37.0 Å². The summed E-state index contributed by atoms with van der Waals surface area (Å²) in [5.74, 6) is 0.264. The molecule has 1 fully saturated rings. The molecule has 3 heterocycles. The molecule has 9 nitrogen and oxygen atoms in total. The zero-order valence-electron chi connectivity index (χ0n) is 19.7. The van der Waals surface area contributed by atoms with Gasteiger partial charge in [-0.15, -0.1) is 0 Å². The average molecular weight is 521 g/mol. The number of phenols is 1. The van der Waals surface area contributed by atoms with Gasteiger partial charge in [-0.3, -0.25) is 4.98 Å². The van der Waals surface area contributed by atoms with Gasteiger partial charge in [-0.25, -0.2) is 4.39 Å². The smallest absolute Gasteiger partial charge is 0.354 e. The van der Waals surface area contributed by atoms with E-state index in [1.807, 2.05) is 29.2 Å². The molecule has 0 radical (unpaired) electrons. The van der Waals surface area contributed by atoms with Crippen LogP contribution in [0.4, 0.5) is 27.5 Å². The maximum absolute atomic E-state index is 14.2. The zero-order valence-corrected chi connectivity index (χ0v) is 20.4. The topological polar surface area (TPSA) is 112 Å². The second-order valence-corrected chi connectivity index (χ2v) is 8.69. The van der Waals surface area contributed by atoms with Crippen LogP contribution >= 0.6 is 11.6 Å². The number of morpholine rings is 1. The number of aromatic hydroxyl groups is 1. The van der Waals surface area contributed by atoms with Crippen molar-refractivity contribution in [2.45, 2.75) is 0 Å². The molecular formula is C26H24ClFN7O2+. The summed E-state index contributed by atoms with van der Waals surface area (Å²) in [6, 6.07) is 16.3. The Bertz CT molecular complexity index is 1410. The normalized spacial score (nSPS) is 13.7. The van der Waals surface area contributed by atoms with E-state index in [2.05, 4.69) is 25.4 Å². The van der Waals surface area contributed by atoms with Gasteiger partial charge in [0.15, 0.2) is 11.6 Å². The van der Waals surface area contributed by atoms with E-state index in [1.165, 1.54) is 5.43 Å². The highest BCUT2D eigenvalue weighted by Crippen LogP contribution is 2.33. The van der Waals surface area contributed by atoms with Gasteiger partial charge in [0.2, 0.25) is 0 Å². The van der Waals surface area contributed by atoms with Gasteiger partial charge < -0.3 is 20.1 Å². The lowest BCUT2D eigenvalue weighted by Gasteiger charge is -2.27. The maximum Gasteiger partial charge on any atom is 0.354 e. The molecule has 2 aromatic carbocycles. The summed E-state index contributed by atoms with van der Waals surface area (Å²) in [6.45, 7) is 2.22. The standard InChI is InChI=1S/C26H23ClFN7O2/c27-18-11-17(22-3-1-2-4-24(22)36)12-21(13-18)32-20-6-5-19(29-14-20)15-31-34-26-30-16-23(28)25(33-26)35-7-9-37-10-8-35/h1-6,11-16,32,36H,7-10H2,(H,30,33,34)/p+1. The number of aromatic nitrogens is 3. The number of rotatable bonds is 7. The van der Waals surface area contributed by atoms with Crippen molar-refractivity contribution in [2.75, 3.05) is 36.5 Å². The summed E-state index contributed by atoms with van der Waals surface area (Å²) in [7, 11) is 0. The van der Waals surface area contributed by atoms with Crippen molar-refractivity contribution in [3.63, 3.8) is 0 Å². The highest BCUT2D eigenvalue weighted by atomic mass is 35.5. The molecule has 2 aromatic heterocycles. The lowest BCUT2D eigenvalue weighted by Crippen LogP contribution is -2.72. The Balaban J connectivity index is 1.23. The fourth-order valence-electron chi connectivity index (χ4n) is 3.87.